The number of halogens is 4. The van der Waals surface area contributed by atoms with Crippen LogP contribution in [0.4, 0.5) is 19.0 Å². The first-order chi connectivity index (χ1) is 11.7. The van der Waals surface area contributed by atoms with Crippen LogP contribution >= 0.6 is 11.6 Å². The van der Waals surface area contributed by atoms with Crippen LogP contribution in [0, 0.1) is 0 Å². The molecule has 0 aliphatic carbocycles. The second-order valence-corrected chi connectivity index (χ2v) is 6.14. The summed E-state index contributed by atoms with van der Waals surface area (Å²) in [5.41, 5.74) is -2.46. The molecule has 1 aromatic rings. The number of aromatic nitrogens is 2. The van der Waals surface area contributed by atoms with E-state index in [1.807, 2.05) is 0 Å². The summed E-state index contributed by atoms with van der Waals surface area (Å²) in [6.07, 6.45) is -8.28. The maximum Gasteiger partial charge on any atom is 0.421 e. The zero-order valence-electron chi connectivity index (χ0n) is 12.8. The molecule has 3 rings (SSSR count). The van der Waals surface area contributed by atoms with Gasteiger partial charge in [-0.15, -0.1) is 0 Å². The number of nitrogens with zero attached hydrogens (tertiary/aromatic N) is 2. The second kappa shape index (κ2) is 6.49. The van der Waals surface area contributed by atoms with Crippen molar-refractivity contribution in [2.75, 3.05) is 25.6 Å². The Morgan fingerprint density at radius 3 is 2.84 bits per heavy atom. The molecule has 3 N–H and O–H groups in total. The largest absolute Gasteiger partial charge is 0.421 e. The molecule has 8 nitrogen and oxygen atoms in total. The molecule has 0 radical (unpaired) electrons. The number of hydrogen-bond donors (Lipinski definition) is 3. The molecule has 140 valence electrons. The van der Waals surface area contributed by atoms with Crippen LogP contribution in [0.5, 0.6) is 0 Å². The van der Waals surface area contributed by atoms with Gasteiger partial charge in [0.15, 0.2) is 6.29 Å². The normalized spacial score (nSPS) is 35.0. The molecule has 0 saturated carbocycles. The summed E-state index contributed by atoms with van der Waals surface area (Å²) in [6.45, 7) is -0.139. The molecule has 2 saturated heterocycles. The zero-order valence-corrected chi connectivity index (χ0v) is 13.6. The highest BCUT2D eigenvalue weighted by atomic mass is 35.5. The van der Waals surface area contributed by atoms with E-state index in [1.54, 1.807) is 0 Å². The van der Waals surface area contributed by atoms with Gasteiger partial charge in [0, 0.05) is 13.3 Å². The van der Waals surface area contributed by atoms with Crippen molar-refractivity contribution < 1.29 is 37.6 Å². The molecule has 12 heteroatoms. The molecule has 2 bridgehead atoms. The van der Waals surface area contributed by atoms with Crippen LogP contribution in [-0.4, -0.2) is 70.6 Å². The van der Waals surface area contributed by atoms with Crippen LogP contribution < -0.4 is 5.32 Å². The minimum absolute atomic E-state index is 0.0540. The van der Waals surface area contributed by atoms with Crippen molar-refractivity contribution >= 4 is 17.4 Å². The average molecular weight is 386 g/mol. The first kappa shape index (κ1) is 18.5. The lowest BCUT2D eigenvalue weighted by Crippen LogP contribution is -2.64. The lowest BCUT2D eigenvalue weighted by Gasteiger charge is -2.42. The summed E-state index contributed by atoms with van der Waals surface area (Å²) < 4.78 is 55.2. The van der Waals surface area contributed by atoms with E-state index in [-0.39, 0.29) is 13.2 Å². The molecule has 0 aromatic carbocycles. The third-order valence-corrected chi connectivity index (χ3v) is 4.31. The summed E-state index contributed by atoms with van der Waals surface area (Å²) in [7, 11) is 1.38. The predicted molar refractivity (Wildman–Crippen MR) is 76.9 cm³/mol. The Hall–Kier alpha value is -1.24. The van der Waals surface area contributed by atoms with Crippen LogP contribution in [0.2, 0.25) is 5.28 Å². The van der Waals surface area contributed by atoms with Crippen molar-refractivity contribution in [1.82, 2.24) is 9.97 Å². The van der Waals surface area contributed by atoms with Gasteiger partial charge in [0.1, 0.15) is 35.2 Å². The Morgan fingerprint density at radius 1 is 1.48 bits per heavy atom. The number of rotatable bonds is 4. The van der Waals surface area contributed by atoms with E-state index in [2.05, 4.69) is 15.3 Å². The van der Waals surface area contributed by atoms with Gasteiger partial charge in [-0.05, 0) is 11.6 Å². The van der Waals surface area contributed by atoms with Crippen LogP contribution in [0.25, 0.3) is 0 Å². The third kappa shape index (κ3) is 3.27. The Kier molecular flexibility index (Phi) is 4.81. The standard InChI is InChI=1S/C13H15ClF3N3O5/c1-23-3-12-4-24-10(25-12)6(7(21)8(12)22)19-9-5(13(15,16)17)2-18-11(14)20-9/h2,6-8,10,21-22H,3-4H2,1H3,(H,18,19,20)/t6-,7-,8-,10+,12+/m1/s1. The summed E-state index contributed by atoms with van der Waals surface area (Å²) in [4.78, 5) is 6.84. The molecular formula is C13H15ClF3N3O5. The lowest BCUT2D eigenvalue weighted by atomic mass is 9.88. The Labute approximate surface area is 144 Å². The van der Waals surface area contributed by atoms with Gasteiger partial charge in [-0.1, -0.05) is 0 Å². The summed E-state index contributed by atoms with van der Waals surface area (Å²) in [6, 6.07) is -1.21. The number of aliphatic hydroxyl groups is 2. The zero-order chi connectivity index (χ0) is 18.4. The Morgan fingerprint density at radius 2 is 2.20 bits per heavy atom. The van der Waals surface area contributed by atoms with E-state index in [9.17, 15) is 23.4 Å². The van der Waals surface area contributed by atoms with Crippen molar-refractivity contribution in [3.63, 3.8) is 0 Å². The van der Waals surface area contributed by atoms with E-state index >= 15 is 0 Å². The number of anilines is 1. The summed E-state index contributed by atoms with van der Waals surface area (Å²) in [5.74, 6) is -0.651. The van der Waals surface area contributed by atoms with E-state index < -0.39 is 53.0 Å². The Balaban J connectivity index is 1.89. The predicted octanol–water partition coefficient (Wildman–Crippen LogP) is 0.423. The van der Waals surface area contributed by atoms with Gasteiger partial charge in [-0.2, -0.15) is 13.2 Å². The first-order valence-corrected chi connectivity index (χ1v) is 7.56. The molecular weight excluding hydrogens is 371 g/mol. The molecule has 2 aliphatic heterocycles. The van der Waals surface area contributed by atoms with E-state index in [1.165, 1.54) is 7.11 Å². The lowest BCUT2D eigenvalue weighted by molar-refractivity contribution is -0.227. The van der Waals surface area contributed by atoms with Gasteiger partial charge < -0.3 is 29.7 Å². The average Bonchev–Trinajstić information content (AvgIpc) is 2.91. The fourth-order valence-corrected chi connectivity index (χ4v) is 3.05. The summed E-state index contributed by atoms with van der Waals surface area (Å²) >= 11 is 5.57. The fourth-order valence-electron chi connectivity index (χ4n) is 2.92. The molecule has 0 unspecified atom stereocenters. The second-order valence-electron chi connectivity index (χ2n) is 5.80. The minimum Gasteiger partial charge on any atom is -0.388 e. The van der Waals surface area contributed by atoms with Crippen LogP contribution in [0.1, 0.15) is 5.56 Å². The van der Waals surface area contributed by atoms with Crippen molar-refractivity contribution in [3.8, 4) is 0 Å². The van der Waals surface area contributed by atoms with Gasteiger partial charge >= 0.3 is 6.18 Å². The van der Waals surface area contributed by atoms with Crippen molar-refractivity contribution in [2.45, 2.75) is 36.3 Å². The number of methoxy groups -OCH3 is 1. The van der Waals surface area contributed by atoms with Crippen LogP contribution in [0.3, 0.4) is 0 Å². The number of ether oxygens (including phenoxy) is 3. The highest BCUT2D eigenvalue weighted by molar-refractivity contribution is 6.28. The van der Waals surface area contributed by atoms with Gasteiger partial charge in [-0.3, -0.25) is 0 Å². The van der Waals surface area contributed by atoms with E-state index in [0.29, 0.717) is 6.20 Å². The molecule has 1 aromatic heterocycles. The van der Waals surface area contributed by atoms with Crippen LogP contribution in [-0.2, 0) is 20.4 Å². The van der Waals surface area contributed by atoms with E-state index in [0.717, 1.165) is 0 Å². The number of hydrogen-bond acceptors (Lipinski definition) is 8. The van der Waals surface area contributed by atoms with Gasteiger partial charge in [0.05, 0.1) is 13.2 Å². The highest BCUT2D eigenvalue weighted by Gasteiger charge is 2.59. The number of fused-ring (bicyclic) bond motifs is 2. The number of alkyl halides is 3. The first-order valence-electron chi connectivity index (χ1n) is 7.19. The molecule has 2 aliphatic rings. The highest BCUT2D eigenvalue weighted by Crippen LogP contribution is 2.40. The SMILES string of the molecule is COC[C@@]12CO[C@@H](O1)[C@H](Nc1nc(Cl)ncc1C(F)(F)F)[C@@H](O)[C@H]2O. The van der Waals surface area contributed by atoms with Crippen LogP contribution in [0.15, 0.2) is 6.20 Å². The maximum absolute atomic E-state index is 13.1. The number of nitrogens with one attached hydrogen (secondary N) is 1. The van der Waals surface area contributed by atoms with Crippen molar-refractivity contribution in [1.29, 1.82) is 0 Å². The summed E-state index contributed by atoms with van der Waals surface area (Å²) in [5, 5.41) is 22.7. The molecule has 0 spiro atoms. The van der Waals surface area contributed by atoms with Gasteiger partial charge in [0.25, 0.3) is 0 Å². The third-order valence-electron chi connectivity index (χ3n) is 4.12. The molecule has 5 atom stereocenters. The maximum atomic E-state index is 13.1. The quantitative estimate of drug-likeness (QED) is 0.640. The minimum atomic E-state index is -4.75. The number of aliphatic hydroxyl groups excluding tert-OH is 2. The van der Waals surface area contributed by atoms with Crippen molar-refractivity contribution in [2.24, 2.45) is 0 Å². The molecule has 3 heterocycles. The topological polar surface area (TPSA) is 106 Å². The monoisotopic (exact) mass is 385 g/mol. The van der Waals surface area contributed by atoms with Gasteiger partial charge in [-0.25, -0.2) is 9.97 Å². The fraction of sp³-hybridized carbons (Fsp3) is 0.692. The van der Waals surface area contributed by atoms with Gasteiger partial charge in [0.2, 0.25) is 5.28 Å². The molecule has 2 fully saturated rings. The molecule has 25 heavy (non-hydrogen) atoms. The molecule has 0 amide bonds. The van der Waals surface area contributed by atoms with Crippen molar-refractivity contribution in [3.05, 3.63) is 17.0 Å². The Bertz CT molecular complexity index is 652. The smallest absolute Gasteiger partial charge is 0.388 e. The van der Waals surface area contributed by atoms with E-state index in [4.69, 9.17) is 25.8 Å².